The predicted molar refractivity (Wildman–Crippen MR) is 69.0 cm³/mol. The summed E-state index contributed by atoms with van der Waals surface area (Å²) in [5.74, 6) is 0.194. The topological polar surface area (TPSA) is 54.4 Å². The van der Waals surface area contributed by atoms with Crippen molar-refractivity contribution in [3.63, 3.8) is 0 Å². The van der Waals surface area contributed by atoms with E-state index in [1.807, 2.05) is 13.8 Å². The highest BCUT2D eigenvalue weighted by Gasteiger charge is 2.60. The van der Waals surface area contributed by atoms with Gasteiger partial charge in [0.25, 0.3) is 0 Å². The van der Waals surface area contributed by atoms with Gasteiger partial charge in [0.15, 0.2) is 5.78 Å². The monoisotopic (exact) mass is 250 g/mol. The molecule has 2 aliphatic rings. The van der Waals surface area contributed by atoms with Crippen LogP contribution in [-0.2, 0) is 9.59 Å². The Labute approximate surface area is 108 Å². The van der Waals surface area contributed by atoms with Crippen LogP contribution in [0.25, 0.3) is 0 Å². The number of ketones is 1. The number of aliphatic hydroxyl groups excluding tert-OH is 1. The van der Waals surface area contributed by atoms with E-state index in [1.165, 1.54) is 0 Å². The van der Waals surface area contributed by atoms with Crippen LogP contribution >= 0.6 is 0 Å². The normalized spacial score (nSPS) is 44.2. The number of hydrogen-bond acceptors (Lipinski definition) is 3. The van der Waals surface area contributed by atoms with E-state index in [2.05, 4.69) is 13.8 Å². The smallest absolute Gasteiger partial charge is 0.159 e. The molecule has 1 saturated carbocycles. The van der Waals surface area contributed by atoms with E-state index in [4.69, 9.17) is 0 Å². The Morgan fingerprint density at radius 1 is 1.44 bits per heavy atom. The lowest BCUT2D eigenvalue weighted by molar-refractivity contribution is -0.122. The zero-order valence-electron chi connectivity index (χ0n) is 11.6. The van der Waals surface area contributed by atoms with Crippen molar-refractivity contribution in [2.24, 2.45) is 16.7 Å². The van der Waals surface area contributed by atoms with Gasteiger partial charge in [-0.2, -0.15) is 0 Å². The molecule has 0 bridgehead atoms. The van der Waals surface area contributed by atoms with Crippen LogP contribution in [-0.4, -0.2) is 23.3 Å². The van der Waals surface area contributed by atoms with Crippen molar-refractivity contribution < 1.29 is 14.7 Å². The van der Waals surface area contributed by atoms with Crippen LogP contribution in [0.1, 0.15) is 47.0 Å². The molecule has 0 heterocycles. The van der Waals surface area contributed by atoms with E-state index >= 15 is 0 Å². The summed E-state index contributed by atoms with van der Waals surface area (Å²) >= 11 is 0. The van der Waals surface area contributed by atoms with Gasteiger partial charge >= 0.3 is 0 Å². The zero-order valence-corrected chi connectivity index (χ0v) is 11.6. The Kier molecular flexibility index (Phi) is 3.01. The molecule has 2 rings (SSSR count). The molecule has 2 aliphatic carbocycles. The van der Waals surface area contributed by atoms with E-state index in [1.54, 1.807) is 0 Å². The van der Waals surface area contributed by atoms with Gasteiger partial charge in [-0.1, -0.05) is 26.3 Å². The molecule has 0 amide bonds. The predicted octanol–water partition coefficient (Wildman–Crippen LogP) is 2.28. The Balaban J connectivity index is 2.57. The van der Waals surface area contributed by atoms with Crippen molar-refractivity contribution in [2.45, 2.75) is 53.1 Å². The second kappa shape index (κ2) is 4.02. The zero-order chi connectivity index (χ0) is 13.7. The first kappa shape index (κ1) is 13.5. The molecule has 0 radical (unpaired) electrons. The summed E-state index contributed by atoms with van der Waals surface area (Å²) in [5, 5.41) is 10.2. The lowest BCUT2D eigenvalue weighted by atomic mass is 9.55. The number of carbonyl (C=O) groups excluding carboxylic acids is 2. The highest BCUT2D eigenvalue weighted by molar-refractivity contribution is 6.00. The molecule has 1 fully saturated rings. The van der Waals surface area contributed by atoms with Crippen molar-refractivity contribution in [3.8, 4) is 0 Å². The molecular formula is C15H22O3. The SMILES string of the molecule is CC1=C(CC=O)C(=O)CC2(C)C(C)C(O)CC12C. The molecule has 4 atom stereocenters. The maximum absolute atomic E-state index is 12.2. The van der Waals surface area contributed by atoms with E-state index in [9.17, 15) is 14.7 Å². The summed E-state index contributed by atoms with van der Waals surface area (Å²) in [5.41, 5.74) is 1.32. The van der Waals surface area contributed by atoms with Gasteiger partial charge < -0.3 is 9.90 Å². The molecule has 0 aliphatic heterocycles. The summed E-state index contributed by atoms with van der Waals surface area (Å²) in [6.07, 6.45) is 1.78. The van der Waals surface area contributed by atoms with Crippen molar-refractivity contribution in [3.05, 3.63) is 11.1 Å². The van der Waals surface area contributed by atoms with Crippen molar-refractivity contribution in [2.75, 3.05) is 0 Å². The second-order valence-electron chi connectivity index (χ2n) is 6.38. The minimum Gasteiger partial charge on any atom is -0.393 e. The molecule has 0 aromatic rings. The fourth-order valence-corrected chi connectivity index (χ4v) is 4.03. The lowest BCUT2D eigenvalue weighted by Gasteiger charge is -2.48. The minimum atomic E-state index is -0.363. The molecule has 0 saturated heterocycles. The lowest BCUT2D eigenvalue weighted by Crippen LogP contribution is -2.44. The van der Waals surface area contributed by atoms with Crippen LogP contribution in [0.5, 0.6) is 0 Å². The largest absolute Gasteiger partial charge is 0.393 e. The summed E-state index contributed by atoms with van der Waals surface area (Å²) in [6, 6.07) is 0. The molecule has 0 spiro atoms. The van der Waals surface area contributed by atoms with Crippen molar-refractivity contribution in [1.29, 1.82) is 0 Å². The number of aliphatic hydroxyl groups is 1. The Bertz CT molecular complexity index is 437. The minimum absolute atomic E-state index is 0.0838. The third kappa shape index (κ3) is 1.46. The van der Waals surface area contributed by atoms with Gasteiger partial charge in [-0.15, -0.1) is 0 Å². The summed E-state index contributed by atoms with van der Waals surface area (Å²) in [7, 11) is 0. The average Bonchev–Trinajstić information content (AvgIpc) is 2.47. The number of hydrogen-bond donors (Lipinski definition) is 1. The molecular weight excluding hydrogens is 228 g/mol. The average molecular weight is 250 g/mol. The van der Waals surface area contributed by atoms with Crippen LogP contribution in [0.4, 0.5) is 0 Å². The highest BCUT2D eigenvalue weighted by atomic mass is 16.3. The van der Waals surface area contributed by atoms with Gasteiger partial charge in [-0.3, -0.25) is 4.79 Å². The van der Waals surface area contributed by atoms with Crippen LogP contribution in [0.2, 0.25) is 0 Å². The quantitative estimate of drug-likeness (QED) is 0.765. The maximum atomic E-state index is 12.2. The van der Waals surface area contributed by atoms with Gasteiger partial charge in [-0.05, 0) is 30.1 Å². The molecule has 0 aromatic heterocycles. The van der Waals surface area contributed by atoms with E-state index in [-0.39, 0.29) is 35.1 Å². The molecule has 1 N–H and O–H groups in total. The first-order chi connectivity index (χ1) is 8.28. The van der Waals surface area contributed by atoms with Gasteiger partial charge in [0.2, 0.25) is 0 Å². The van der Waals surface area contributed by atoms with Crippen LogP contribution < -0.4 is 0 Å². The van der Waals surface area contributed by atoms with Gasteiger partial charge in [-0.25, -0.2) is 0 Å². The number of fused-ring (bicyclic) bond motifs is 1. The third-order valence-electron chi connectivity index (χ3n) is 5.89. The fourth-order valence-electron chi connectivity index (χ4n) is 4.03. The molecule has 4 unspecified atom stereocenters. The van der Waals surface area contributed by atoms with Crippen molar-refractivity contribution >= 4 is 12.1 Å². The fraction of sp³-hybridized carbons (Fsp3) is 0.733. The van der Waals surface area contributed by atoms with Crippen LogP contribution in [0.15, 0.2) is 11.1 Å². The summed E-state index contributed by atoms with van der Waals surface area (Å²) < 4.78 is 0. The van der Waals surface area contributed by atoms with E-state index in [0.717, 1.165) is 11.9 Å². The number of aldehydes is 1. The first-order valence-corrected chi connectivity index (χ1v) is 6.63. The standard InChI is InChI=1S/C15H22O3/c1-9-11(5-6-16)13(18)8-15(4)10(2)12(17)7-14(9,15)3/h6,10,12,17H,5,7-8H2,1-4H3. The van der Waals surface area contributed by atoms with Crippen LogP contribution in [0.3, 0.4) is 0 Å². The second-order valence-corrected chi connectivity index (χ2v) is 6.38. The number of rotatable bonds is 2. The maximum Gasteiger partial charge on any atom is 0.159 e. The number of carbonyl (C=O) groups is 2. The van der Waals surface area contributed by atoms with E-state index in [0.29, 0.717) is 18.4 Å². The Hall–Kier alpha value is -0.960. The van der Waals surface area contributed by atoms with Gasteiger partial charge in [0, 0.05) is 18.4 Å². The van der Waals surface area contributed by atoms with E-state index < -0.39 is 0 Å². The first-order valence-electron chi connectivity index (χ1n) is 6.63. The summed E-state index contributed by atoms with van der Waals surface area (Å²) in [4.78, 5) is 23.0. The van der Waals surface area contributed by atoms with Gasteiger partial charge in [0.1, 0.15) is 6.29 Å². The molecule has 18 heavy (non-hydrogen) atoms. The molecule has 100 valence electrons. The summed E-state index contributed by atoms with van der Waals surface area (Å²) in [6.45, 7) is 8.22. The Morgan fingerprint density at radius 3 is 2.61 bits per heavy atom. The molecule has 3 heteroatoms. The number of allylic oxidation sites excluding steroid dienone is 2. The van der Waals surface area contributed by atoms with Gasteiger partial charge in [0.05, 0.1) is 6.10 Å². The Morgan fingerprint density at radius 2 is 2.06 bits per heavy atom. The molecule has 0 aromatic carbocycles. The highest BCUT2D eigenvalue weighted by Crippen LogP contribution is 2.64. The van der Waals surface area contributed by atoms with Crippen molar-refractivity contribution in [1.82, 2.24) is 0 Å². The van der Waals surface area contributed by atoms with Crippen LogP contribution in [0, 0.1) is 16.7 Å². The molecule has 3 nitrogen and oxygen atoms in total. The number of Topliss-reactive ketones (excluding diaryl/α,β-unsaturated/α-hetero) is 1. The third-order valence-corrected chi connectivity index (χ3v) is 5.89.